The van der Waals surface area contributed by atoms with Crippen LogP contribution in [-0.4, -0.2) is 96.6 Å². The number of nitrogens with zero attached hydrogens (tertiary/aromatic N) is 3. The van der Waals surface area contributed by atoms with Crippen molar-refractivity contribution in [2.24, 2.45) is 0 Å². The number of hydrogen-bond acceptors (Lipinski definition) is 6. The average molecular weight is 494 g/mol. The minimum atomic E-state index is -0.888. The Labute approximate surface area is 211 Å². The van der Waals surface area contributed by atoms with E-state index in [1.54, 1.807) is 6.20 Å². The molecule has 2 heterocycles. The summed E-state index contributed by atoms with van der Waals surface area (Å²) in [4.78, 5) is 33.9. The maximum Gasteiger partial charge on any atom is 0.325 e. The van der Waals surface area contributed by atoms with Crippen molar-refractivity contribution < 1.29 is 19.4 Å². The van der Waals surface area contributed by atoms with Crippen LogP contribution in [0.5, 0.6) is 5.75 Å². The first-order chi connectivity index (χ1) is 17.4. The van der Waals surface area contributed by atoms with Gasteiger partial charge in [0.1, 0.15) is 18.4 Å². The highest BCUT2D eigenvalue weighted by atomic mass is 16.5. The van der Waals surface area contributed by atoms with Gasteiger partial charge in [-0.15, -0.1) is 0 Å². The zero-order valence-corrected chi connectivity index (χ0v) is 20.9. The molecule has 3 N–H and O–H groups in total. The number of rotatable bonds is 11. The summed E-state index contributed by atoms with van der Waals surface area (Å²) in [5.74, 6) is -0.192. The van der Waals surface area contributed by atoms with Gasteiger partial charge >= 0.3 is 5.97 Å². The molecule has 9 nitrogen and oxygen atoms in total. The quantitative estimate of drug-likeness (QED) is 0.376. The third kappa shape index (κ3) is 6.63. The van der Waals surface area contributed by atoms with Crippen LogP contribution >= 0.6 is 0 Å². The number of carboxylic acids is 1. The number of nitrogens with one attached hydrogen (secondary N) is 2. The number of aliphatic carboxylic acids is 1. The lowest BCUT2D eigenvalue weighted by molar-refractivity contribution is -0.144. The van der Waals surface area contributed by atoms with Gasteiger partial charge in [-0.1, -0.05) is 30.3 Å². The van der Waals surface area contributed by atoms with Crippen molar-refractivity contribution in [2.45, 2.75) is 12.6 Å². The fourth-order valence-electron chi connectivity index (χ4n) is 4.52. The molecular formula is C27H35N5O4. The highest BCUT2D eigenvalue weighted by Gasteiger charge is 2.32. The van der Waals surface area contributed by atoms with Crippen molar-refractivity contribution in [2.75, 3.05) is 59.9 Å². The Hall–Kier alpha value is -3.40. The van der Waals surface area contributed by atoms with Crippen LogP contribution in [0, 0.1) is 0 Å². The number of H-pyrrole nitrogens is 1. The van der Waals surface area contributed by atoms with Gasteiger partial charge in [-0.05, 0) is 37.9 Å². The standard InChI is InChI=1S/C27H35N5O4/c1-30(2)11-10-28-25(33)18-31-12-14-32(15-13-31)26(27(34)35)23-17-29-24-9-8-21(16-22(23)24)36-19-20-6-4-3-5-7-20/h3-9,16-17,26,29H,10-15,18-19H2,1-2H3,(H,28,33)(H,34,35)/t26-/m1/s1. The molecule has 0 saturated carbocycles. The van der Waals surface area contributed by atoms with E-state index in [-0.39, 0.29) is 5.91 Å². The van der Waals surface area contributed by atoms with Crippen LogP contribution in [0.3, 0.4) is 0 Å². The van der Waals surface area contributed by atoms with Crippen LogP contribution in [0.15, 0.2) is 54.7 Å². The number of fused-ring (bicyclic) bond motifs is 1. The third-order valence-corrected chi connectivity index (χ3v) is 6.48. The normalized spacial score (nSPS) is 15.8. The van der Waals surface area contributed by atoms with Gasteiger partial charge in [0, 0.05) is 61.9 Å². The van der Waals surface area contributed by atoms with E-state index in [1.807, 2.05) is 72.4 Å². The Morgan fingerprint density at radius 1 is 1.11 bits per heavy atom. The Bertz CT molecular complexity index is 1160. The maximum atomic E-state index is 12.4. The van der Waals surface area contributed by atoms with Crippen LogP contribution in [0.2, 0.25) is 0 Å². The highest BCUT2D eigenvalue weighted by Crippen LogP contribution is 2.32. The van der Waals surface area contributed by atoms with Gasteiger partial charge in [0.2, 0.25) is 5.91 Å². The lowest BCUT2D eigenvalue weighted by atomic mass is 10.0. The van der Waals surface area contributed by atoms with E-state index in [9.17, 15) is 14.7 Å². The maximum absolute atomic E-state index is 12.4. The Balaban J connectivity index is 1.40. The molecule has 0 bridgehead atoms. The lowest BCUT2D eigenvalue weighted by Crippen LogP contribution is -2.51. The molecule has 1 aliphatic heterocycles. The second-order valence-corrected chi connectivity index (χ2v) is 9.43. The van der Waals surface area contributed by atoms with E-state index in [0.29, 0.717) is 51.6 Å². The number of piperazine rings is 1. The van der Waals surface area contributed by atoms with Crippen LogP contribution in [-0.2, 0) is 16.2 Å². The van der Waals surface area contributed by atoms with Gasteiger partial charge in [-0.2, -0.15) is 0 Å². The number of carboxylic acid groups (broad SMARTS) is 1. The van der Waals surface area contributed by atoms with E-state index in [1.165, 1.54) is 0 Å². The molecule has 1 saturated heterocycles. The van der Waals surface area contributed by atoms with Crippen molar-refractivity contribution in [1.29, 1.82) is 0 Å². The molecule has 2 aromatic carbocycles. The zero-order chi connectivity index (χ0) is 25.5. The topological polar surface area (TPSA) is 101 Å². The molecular weight excluding hydrogens is 458 g/mol. The summed E-state index contributed by atoms with van der Waals surface area (Å²) in [6.07, 6.45) is 1.79. The SMILES string of the molecule is CN(C)CCNC(=O)CN1CCN([C@@H](C(=O)O)c2c[nH]c3ccc(OCc4ccccc4)cc23)CC1. The molecule has 36 heavy (non-hydrogen) atoms. The number of likely N-dealkylation sites (N-methyl/N-ethyl adjacent to an activating group) is 1. The molecule has 9 heteroatoms. The van der Waals surface area contributed by atoms with Crippen molar-refractivity contribution in [3.63, 3.8) is 0 Å². The third-order valence-electron chi connectivity index (χ3n) is 6.48. The molecule has 3 aromatic rings. The number of aromatic nitrogens is 1. The number of ether oxygens (including phenoxy) is 1. The smallest absolute Gasteiger partial charge is 0.325 e. The second-order valence-electron chi connectivity index (χ2n) is 9.43. The largest absolute Gasteiger partial charge is 0.489 e. The van der Waals surface area contributed by atoms with Gasteiger partial charge in [0.15, 0.2) is 0 Å². The molecule has 1 aromatic heterocycles. The summed E-state index contributed by atoms with van der Waals surface area (Å²) in [6.45, 7) is 4.59. The minimum absolute atomic E-state index is 0.000236. The fraction of sp³-hybridized carbons (Fsp3) is 0.407. The molecule has 0 radical (unpaired) electrons. The summed E-state index contributed by atoms with van der Waals surface area (Å²) in [5.41, 5.74) is 2.66. The Kier molecular flexibility index (Phi) is 8.58. The number of carbonyl (C=O) groups excluding carboxylic acids is 1. The second kappa shape index (κ2) is 12.0. The van der Waals surface area contributed by atoms with Crippen LogP contribution in [0.25, 0.3) is 10.9 Å². The van der Waals surface area contributed by atoms with E-state index in [2.05, 4.69) is 15.2 Å². The molecule has 0 aliphatic carbocycles. The molecule has 4 rings (SSSR count). The van der Waals surface area contributed by atoms with Crippen molar-refractivity contribution in [1.82, 2.24) is 25.0 Å². The minimum Gasteiger partial charge on any atom is -0.489 e. The van der Waals surface area contributed by atoms with Crippen LogP contribution < -0.4 is 10.1 Å². The summed E-state index contributed by atoms with van der Waals surface area (Å²) < 4.78 is 5.98. The number of amides is 1. The van der Waals surface area contributed by atoms with Crippen molar-refractivity contribution >= 4 is 22.8 Å². The number of aromatic amines is 1. The molecule has 0 unspecified atom stereocenters. The number of carbonyl (C=O) groups is 2. The van der Waals surface area contributed by atoms with Gasteiger partial charge in [0.05, 0.1) is 6.54 Å². The van der Waals surface area contributed by atoms with Crippen LogP contribution in [0.4, 0.5) is 0 Å². The average Bonchev–Trinajstić information content (AvgIpc) is 3.27. The summed E-state index contributed by atoms with van der Waals surface area (Å²) in [5, 5.41) is 13.9. The number of hydrogen-bond donors (Lipinski definition) is 3. The fourth-order valence-corrected chi connectivity index (χ4v) is 4.52. The van der Waals surface area contributed by atoms with E-state index < -0.39 is 12.0 Å². The molecule has 1 amide bonds. The zero-order valence-electron chi connectivity index (χ0n) is 20.9. The first-order valence-corrected chi connectivity index (χ1v) is 12.3. The summed E-state index contributed by atoms with van der Waals surface area (Å²) >= 11 is 0. The molecule has 1 atom stereocenters. The van der Waals surface area contributed by atoms with Gasteiger partial charge in [-0.3, -0.25) is 19.4 Å². The lowest BCUT2D eigenvalue weighted by Gasteiger charge is -2.37. The monoisotopic (exact) mass is 493 g/mol. The summed E-state index contributed by atoms with van der Waals surface area (Å²) in [6, 6.07) is 14.9. The Morgan fingerprint density at radius 3 is 2.56 bits per heavy atom. The first kappa shape index (κ1) is 25.7. The van der Waals surface area contributed by atoms with Crippen molar-refractivity contribution in [3.8, 4) is 5.75 Å². The van der Waals surface area contributed by atoms with Gasteiger partial charge in [-0.25, -0.2) is 0 Å². The summed E-state index contributed by atoms with van der Waals surface area (Å²) in [7, 11) is 3.94. The molecule has 1 fully saturated rings. The van der Waals surface area contributed by atoms with Crippen LogP contribution in [0.1, 0.15) is 17.2 Å². The molecule has 1 aliphatic rings. The highest BCUT2D eigenvalue weighted by molar-refractivity contribution is 5.90. The predicted molar refractivity (Wildman–Crippen MR) is 139 cm³/mol. The van der Waals surface area contributed by atoms with Crippen molar-refractivity contribution in [3.05, 3.63) is 65.9 Å². The first-order valence-electron chi connectivity index (χ1n) is 12.3. The molecule has 0 spiro atoms. The van der Waals surface area contributed by atoms with Gasteiger partial charge < -0.3 is 25.0 Å². The predicted octanol–water partition coefficient (Wildman–Crippen LogP) is 2.17. The van der Waals surface area contributed by atoms with E-state index >= 15 is 0 Å². The van der Waals surface area contributed by atoms with E-state index in [0.717, 1.165) is 28.6 Å². The van der Waals surface area contributed by atoms with Gasteiger partial charge in [0.25, 0.3) is 0 Å². The molecule has 192 valence electrons. The number of benzene rings is 2. The Morgan fingerprint density at radius 2 is 1.86 bits per heavy atom. The van der Waals surface area contributed by atoms with E-state index in [4.69, 9.17) is 4.74 Å².